The first kappa shape index (κ1) is 16.5. The lowest BCUT2D eigenvalue weighted by molar-refractivity contribution is 0.555. The Hall–Kier alpha value is -1.88. The highest BCUT2D eigenvalue weighted by atomic mass is 19.1. The zero-order chi connectivity index (χ0) is 16.1. The molecule has 120 valence electrons. The molecular formula is C17H25FN4. The van der Waals surface area contributed by atoms with Gasteiger partial charge in [0.2, 0.25) is 0 Å². The molecule has 0 amide bonds. The van der Waals surface area contributed by atoms with Gasteiger partial charge in [-0.2, -0.15) is 5.10 Å². The molecule has 2 N–H and O–H groups in total. The van der Waals surface area contributed by atoms with E-state index in [0.717, 1.165) is 36.3 Å². The van der Waals surface area contributed by atoms with Crippen LogP contribution >= 0.6 is 0 Å². The third-order valence-electron chi connectivity index (χ3n) is 3.95. The number of hydrogen-bond donors (Lipinski definition) is 2. The molecule has 0 bridgehead atoms. The first-order valence-electron chi connectivity index (χ1n) is 7.68. The number of hydrogen-bond acceptors (Lipinski definition) is 3. The summed E-state index contributed by atoms with van der Waals surface area (Å²) >= 11 is 0. The fourth-order valence-electron chi connectivity index (χ4n) is 2.61. The quantitative estimate of drug-likeness (QED) is 0.772. The van der Waals surface area contributed by atoms with Crippen LogP contribution in [-0.2, 0) is 6.42 Å². The molecule has 0 unspecified atom stereocenters. The number of anilines is 1. The number of nitrogens with zero attached hydrogens (tertiary/aromatic N) is 2. The number of aryl methyl sites for hydroxylation is 2. The molecule has 1 heterocycles. The molecule has 1 atom stereocenters. The number of rotatable bonds is 7. The van der Waals surface area contributed by atoms with Crippen molar-refractivity contribution in [2.45, 2.75) is 32.7 Å². The van der Waals surface area contributed by atoms with E-state index in [1.807, 2.05) is 38.2 Å². The average molecular weight is 304 g/mol. The highest BCUT2D eigenvalue weighted by molar-refractivity contribution is 5.54. The Bertz CT molecular complexity index is 606. The molecule has 0 spiro atoms. The summed E-state index contributed by atoms with van der Waals surface area (Å²) < 4.78 is 13.4. The molecule has 22 heavy (non-hydrogen) atoms. The van der Waals surface area contributed by atoms with Gasteiger partial charge in [0.1, 0.15) is 5.82 Å². The van der Waals surface area contributed by atoms with E-state index in [0.29, 0.717) is 0 Å². The summed E-state index contributed by atoms with van der Waals surface area (Å²) in [5, 5.41) is 10.5. The molecule has 1 aromatic heterocycles. The van der Waals surface area contributed by atoms with Crippen LogP contribution in [0.5, 0.6) is 0 Å². The maximum atomic E-state index is 13.4. The Morgan fingerprint density at radius 1 is 1.36 bits per heavy atom. The van der Waals surface area contributed by atoms with Crippen LogP contribution in [0.1, 0.15) is 36.2 Å². The van der Waals surface area contributed by atoms with E-state index in [2.05, 4.69) is 22.4 Å². The van der Waals surface area contributed by atoms with Crippen LogP contribution in [-0.4, -0.2) is 30.8 Å². The second kappa shape index (κ2) is 7.40. The summed E-state index contributed by atoms with van der Waals surface area (Å²) in [5.41, 5.74) is 4.45. The number of H-pyrrole nitrogens is 1. The smallest absolute Gasteiger partial charge is 0.125 e. The summed E-state index contributed by atoms with van der Waals surface area (Å²) in [7, 11) is 3.87. The standard InChI is InChI=1S/C17H25FN4/c1-12-14(11-20-21-12)6-5-9-19-13(2)16-8-7-15(18)10-17(16)22(3)4/h7-8,10-11,13,19H,5-6,9H2,1-4H3,(H,20,21)/t13-/m1/s1. The summed E-state index contributed by atoms with van der Waals surface area (Å²) in [6.07, 6.45) is 3.94. The predicted molar refractivity (Wildman–Crippen MR) is 88.8 cm³/mol. The Balaban J connectivity index is 1.89. The van der Waals surface area contributed by atoms with Gasteiger partial charge in [0.25, 0.3) is 0 Å². The molecular weight excluding hydrogens is 279 g/mol. The van der Waals surface area contributed by atoms with Gasteiger partial charge in [-0.05, 0) is 56.5 Å². The van der Waals surface area contributed by atoms with Crippen LogP contribution in [0, 0.1) is 12.7 Å². The van der Waals surface area contributed by atoms with Crippen molar-refractivity contribution in [3.8, 4) is 0 Å². The van der Waals surface area contributed by atoms with Crippen LogP contribution in [0.15, 0.2) is 24.4 Å². The second-order valence-corrected chi connectivity index (χ2v) is 5.90. The highest BCUT2D eigenvalue weighted by Gasteiger charge is 2.12. The normalized spacial score (nSPS) is 12.4. The summed E-state index contributed by atoms with van der Waals surface area (Å²) in [6.45, 7) is 5.07. The molecule has 0 aliphatic rings. The topological polar surface area (TPSA) is 44.0 Å². The molecule has 2 rings (SSSR count). The molecule has 4 nitrogen and oxygen atoms in total. The lowest BCUT2D eigenvalue weighted by Gasteiger charge is -2.22. The SMILES string of the molecule is Cc1[nH]ncc1CCCN[C@H](C)c1ccc(F)cc1N(C)C. The van der Waals surface area contributed by atoms with Gasteiger partial charge in [-0.15, -0.1) is 0 Å². The van der Waals surface area contributed by atoms with Crippen molar-refractivity contribution in [3.05, 3.63) is 47.0 Å². The van der Waals surface area contributed by atoms with E-state index in [-0.39, 0.29) is 11.9 Å². The number of halogens is 1. The van der Waals surface area contributed by atoms with Crippen LogP contribution < -0.4 is 10.2 Å². The minimum atomic E-state index is -0.199. The van der Waals surface area contributed by atoms with Crippen molar-refractivity contribution < 1.29 is 4.39 Å². The molecule has 0 radical (unpaired) electrons. The lowest BCUT2D eigenvalue weighted by atomic mass is 10.0. The van der Waals surface area contributed by atoms with Crippen molar-refractivity contribution >= 4 is 5.69 Å². The minimum absolute atomic E-state index is 0.184. The van der Waals surface area contributed by atoms with Gasteiger partial charge < -0.3 is 10.2 Å². The van der Waals surface area contributed by atoms with Gasteiger partial charge in [0, 0.05) is 31.5 Å². The average Bonchev–Trinajstić information content (AvgIpc) is 2.88. The minimum Gasteiger partial charge on any atom is -0.377 e. The van der Waals surface area contributed by atoms with Gasteiger partial charge in [-0.1, -0.05) is 6.07 Å². The monoisotopic (exact) mass is 304 g/mol. The van der Waals surface area contributed by atoms with Gasteiger partial charge >= 0.3 is 0 Å². The molecule has 5 heteroatoms. The van der Waals surface area contributed by atoms with Crippen LogP contribution in [0.3, 0.4) is 0 Å². The molecule has 0 aliphatic heterocycles. The molecule has 0 fully saturated rings. The van der Waals surface area contributed by atoms with Crippen molar-refractivity contribution in [1.29, 1.82) is 0 Å². The first-order valence-corrected chi connectivity index (χ1v) is 7.68. The fourth-order valence-corrected chi connectivity index (χ4v) is 2.61. The van der Waals surface area contributed by atoms with E-state index in [4.69, 9.17) is 0 Å². The summed E-state index contributed by atoms with van der Waals surface area (Å²) in [4.78, 5) is 1.95. The maximum absolute atomic E-state index is 13.4. The van der Waals surface area contributed by atoms with Crippen molar-refractivity contribution in [2.75, 3.05) is 25.5 Å². The predicted octanol–water partition coefficient (Wildman–Crippen LogP) is 3.21. The lowest BCUT2D eigenvalue weighted by Crippen LogP contribution is -2.23. The van der Waals surface area contributed by atoms with E-state index in [9.17, 15) is 4.39 Å². The van der Waals surface area contributed by atoms with Crippen LogP contribution in [0.25, 0.3) is 0 Å². The van der Waals surface area contributed by atoms with E-state index < -0.39 is 0 Å². The number of aromatic amines is 1. The molecule has 1 aromatic carbocycles. The Morgan fingerprint density at radius 2 is 2.14 bits per heavy atom. The van der Waals surface area contributed by atoms with Gasteiger partial charge in [-0.25, -0.2) is 4.39 Å². The Labute approximate surface area is 131 Å². The van der Waals surface area contributed by atoms with Crippen molar-refractivity contribution in [1.82, 2.24) is 15.5 Å². The van der Waals surface area contributed by atoms with E-state index in [1.165, 1.54) is 11.6 Å². The Morgan fingerprint density at radius 3 is 2.77 bits per heavy atom. The Kier molecular flexibility index (Phi) is 5.55. The van der Waals surface area contributed by atoms with Crippen molar-refractivity contribution in [3.63, 3.8) is 0 Å². The third-order valence-corrected chi connectivity index (χ3v) is 3.95. The number of nitrogens with one attached hydrogen (secondary N) is 2. The fraction of sp³-hybridized carbons (Fsp3) is 0.471. The third kappa shape index (κ3) is 4.07. The molecule has 0 saturated carbocycles. The second-order valence-electron chi connectivity index (χ2n) is 5.90. The number of aromatic nitrogens is 2. The largest absolute Gasteiger partial charge is 0.377 e. The van der Waals surface area contributed by atoms with Gasteiger partial charge in [-0.3, -0.25) is 5.10 Å². The first-order chi connectivity index (χ1) is 10.5. The zero-order valence-corrected chi connectivity index (χ0v) is 13.8. The van der Waals surface area contributed by atoms with E-state index >= 15 is 0 Å². The number of benzene rings is 1. The van der Waals surface area contributed by atoms with E-state index in [1.54, 1.807) is 6.07 Å². The van der Waals surface area contributed by atoms with Crippen LogP contribution in [0.2, 0.25) is 0 Å². The maximum Gasteiger partial charge on any atom is 0.125 e. The molecule has 2 aromatic rings. The zero-order valence-electron chi connectivity index (χ0n) is 13.8. The molecule has 0 saturated heterocycles. The molecule has 0 aliphatic carbocycles. The highest BCUT2D eigenvalue weighted by Crippen LogP contribution is 2.26. The van der Waals surface area contributed by atoms with Crippen molar-refractivity contribution in [2.24, 2.45) is 0 Å². The summed E-state index contributed by atoms with van der Waals surface area (Å²) in [6, 6.07) is 5.16. The van der Waals surface area contributed by atoms with Gasteiger partial charge in [0.05, 0.1) is 6.20 Å². The van der Waals surface area contributed by atoms with Crippen LogP contribution in [0.4, 0.5) is 10.1 Å². The summed E-state index contributed by atoms with van der Waals surface area (Å²) in [5.74, 6) is -0.199. The van der Waals surface area contributed by atoms with Gasteiger partial charge in [0.15, 0.2) is 0 Å².